The molecule has 1 aliphatic heterocycles. The van der Waals surface area contributed by atoms with Crippen LogP contribution in [0.3, 0.4) is 0 Å². The van der Waals surface area contributed by atoms with Crippen LogP contribution < -0.4 is 10.6 Å². The van der Waals surface area contributed by atoms with E-state index in [-0.39, 0.29) is 6.03 Å². The number of nitrogens with one attached hydrogen (secondary N) is 2. The topological polar surface area (TPSA) is 44.4 Å². The van der Waals surface area contributed by atoms with Gasteiger partial charge in [-0.15, -0.1) is 0 Å². The minimum Gasteiger partial charge on any atom is -0.338 e. The van der Waals surface area contributed by atoms with Crippen LogP contribution in [0.1, 0.15) is 59.3 Å². The SMILES string of the molecule is CCCN1CCC(CNC(=O)NC2CCCCC2C(C)C)C1. The number of rotatable bonds is 6. The Bertz CT molecular complexity index is 345. The van der Waals surface area contributed by atoms with E-state index in [4.69, 9.17) is 0 Å². The maximum absolute atomic E-state index is 12.2. The summed E-state index contributed by atoms with van der Waals surface area (Å²) >= 11 is 0. The van der Waals surface area contributed by atoms with Gasteiger partial charge in [0, 0.05) is 19.1 Å². The first-order chi connectivity index (χ1) is 10.6. The number of hydrogen-bond donors (Lipinski definition) is 2. The molecule has 4 nitrogen and oxygen atoms in total. The monoisotopic (exact) mass is 309 g/mol. The van der Waals surface area contributed by atoms with Crippen molar-refractivity contribution in [1.29, 1.82) is 0 Å². The minimum absolute atomic E-state index is 0.0477. The van der Waals surface area contributed by atoms with Gasteiger partial charge in [0.15, 0.2) is 0 Å². The van der Waals surface area contributed by atoms with Gasteiger partial charge in [0.05, 0.1) is 0 Å². The van der Waals surface area contributed by atoms with Crippen molar-refractivity contribution < 1.29 is 4.79 Å². The molecule has 2 fully saturated rings. The fourth-order valence-electron chi connectivity index (χ4n) is 4.19. The third-order valence-electron chi connectivity index (χ3n) is 5.45. The number of likely N-dealkylation sites (tertiary alicyclic amines) is 1. The molecule has 2 amide bonds. The van der Waals surface area contributed by atoms with Gasteiger partial charge in [-0.25, -0.2) is 4.79 Å². The molecule has 2 N–H and O–H groups in total. The van der Waals surface area contributed by atoms with Crippen LogP contribution in [0.2, 0.25) is 0 Å². The Morgan fingerprint density at radius 3 is 2.73 bits per heavy atom. The highest BCUT2D eigenvalue weighted by molar-refractivity contribution is 5.74. The number of carbonyl (C=O) groups excluding carboxylic acids is 1. The standard InChI is InChI=1S/C18H35N3O/c1-4-10-21-11-9-15(13-21)12-19-18(22)20-17-8-6-5-7-16(17)14(2)3/h14-17H,4-13H2,1-3H3,(H2,19,20,22). The van der Waals surface area contributed by atoms with E-state index in [1.54, 1.807) is 0 Å². The highest BCUT2D eigenvalue weighted by Crippen LogP contribution is 2.30. The molecule has 3 unspecified atom stereocenters. The highest BCUT2D eigenvalue weighted by atomic mass is 16.2. The lowest BCUT2D eigenvalue weighted by Crippen LogP contribution is -2.48. The van der Waals surface area contributed by atoms with E-state index in [1.165, 1.54) is 45.2 Å². The third-order valence-corrected chi connectivity index (χ3v) is 5.45. The summed E-state index contributed by atoms with van der Waals surface area (Å²) in [6.07, 6.45) is 7.42. The largest absolute Gasteiger partial charge is 0.338 e. The average molecular weight is 309 g/mol. The molecule has 1 saturated carbocycles. The molecule has 0 aromatic rings. The Balaban J connectivity index is 1.69. The second kappa shape index (κ2) is 8.76. The number of urea groups is 1. The molecule has 2 aliphatic rings. The molecule has 1 aliphatic carbocycles. The zero-order chi connectivity index (χ0) is 15.9. The second-order valence-corrected chi connectivity index (χ2v) is 7.61. The Labute approximate surface area is 136 Å². The number of hydrogen-bond acceptors (Lipinski definition) is 2. The van der Waals surface area contributed by atoms with E-state index in [1.807, 2.05) is 0 Å². The van der Waals surface area contributed by atoms with Gasteiger partial charge in [-0.3, -0.25) is 0 Å². The molecule has 3 atom stereocenters. The first kappa shape index (κ1) is 17.6. The molecule has 0 spiro atoms. The molecule has 0 aromatic carbocycles. The predicted octanol–water partition coefficient (Wildman–Crippen LogP) is 3.23. The summed E-state index contributed by atoms with van der Waals surface area (Å²) < 4.78 is 0. The number of amides is 2. The molecule has 128 valence electrons. The first-order valence-electron chi connectivity index (χ1n) is 9.36. The van der Waals surface area contributed by atoms with E-state index in [2.05, 4.69) is 36.3 Å². The van der Waals surface area contributed by atoms with Crippen molar-refractivity contribution in [3.8, 4) is 0 Å². The summed E-state index contributed by atoms with van der Waals surface area (Å²) in [5.41, 5.74) is 0. The fraction of sp³-hybridized carbons (Fsp3) is 0.944. The average Bonchev–Trinajstić information content (AvgIpc) is 2.94. The molecule has 22 heavy (non-hydrogen) atoms. The molecule has 0 bridgehead atoms. The van der Waals surface area contributed by atoms with Crippen LogP contribution >= 0.6 is 0 Å². The highest BCUT2D eigenvalue weighted by Gasteiger charge is 2.29. The van der Waals surface area contributed by atoms with Crippen molar-refractivity contribution in [2.75, 3.05) is 26.2 Å². The summed E-state index contributed by atoms with van der Waals surface area (Å²) in [5.74, 6) is 1.93. The quantitative estimate of drug-likeness (QED) is 0.791. The lowest BCUT2D eigenvalue weighted by Gasteiger charge is -2.35. The van der Waals surface area contributed by atoms with Crippen molar-refractivity contribution in [1.82, 2.24) is 15.5 Å². The third kappa shape index (κ3) is 5.15. The number of carbonyl (C=O) groups is 1. The van der Waals surface area contributed by atoms with Gasteiger partial charge in [0.2, 0.25) is 0 Å². The smallest absolute Gasteiger partial charge is 0.315 e. The number of nitrogens with zero attached hydrogens (tertiary/aromatic N) is 1. The molecule has 1 saturated heterocycles. The second-order valence-electron chi connectivity index (χ2n) is 7.61. The maximum atomic E-state index is 12.2. The Morgan fingerprint density at radius 2 is 2.00 bits per heavy atom. The van der Waals surface area contributed by atoms with Gasteiger partial charge >= 0.3 is 6.03 Å². The fourth-order valence-corrected chi connectivity index (χ4v) is 4.19. The van der Waals surface area contributed by atoms with Crippen molar-refractivity contribution in [3.05, 3.63) is 0 Å². The van der Waals surface area contributed by atoms with Gasteiger partial charge < -0.3 is 15.5 Å². The summed E-state index contributed by atoms with van der Waals surface area (Å²) in [7, 11) is 0. The Kier molecular flexibility index (Phi) is 7.00. The molecule has 0 radical (unpaired) electrons. The summed E-state index contributed by atoms with van der Waals surface area (Å²) in [6.45, 7) is 11.2. The zero-order valence-corrected chi connectivity index (χ0v) is 14.7. The molecule has 2 rings (SSSR count). The lowest BCUT2D eigenvalue weighted by atomic mass is 9.78. The van der Waals surface area contributed by atoms with Crippen LogP contribution in [0.4, 0.5) is 4.79 Å². The molecular formula is C18H35N3O. The molecule has 4 heteroatoms. The van der Waals surface area contributed by atoms with E-state index in [0.29, 0.717) is 23.8 Å². The van der Waals surface area contributed by atoms with Crippen molar-refractivity contribution >= 4 is 6.03 Å². The van der Waals surface area contributed by atoms with Crippen molar-refractivity contribution in [3.63, 3.8) is 0 Å². The van der Waals surface area contributed by atoms with E-state index in [9.17, 15) is 4.79 Å². The Hall–Kier alpha value is -0.770. The Morgan fingerprint density at radius 1 is 1.23 bits per heavy atom. The van der Waals surface area contributed by atoms with Gasteiger partial charge in [0.1, 0.15) is 0 Å². The van der Waals surface area contributed by atoms with E-state index >= 15 is 0 Å². The lowest BCUT2D eigenvalue weighted by molar-refractivity contribution is 0.193. The molecule has 0 aromatic heterocycles. The summed E-state index contributed by atoms with van der Waals surface area (Å²) in [6, 6.07) is 0.417. The predicted molar refractivity (Wildman–Crippen MR) is 92.0 cm³/mol. The van der Waals surface area contributed by atoms with Crippen molar-refractivity contribution in [2.24, 2.45) is 17.8 Å². The van der Waals surface area contributed by atoms with Crippen LogP contribution in [0.5, 0.6) is 0 Å². The van der Waals surface area contributed by atoms with Gasteiger partial charge in [-0.1, -0.05) is 33.6 Å². The van der Waals surface area contributed by atoms with E-state index < -0.39 is 0 Å². The summed E-state index contributed by atoms with van der Waals surface area (Å²) in [5, 5.41) is 6.36. The zero-order valence-electron chi connectivity index (χ0n) is 14.7. The minimum atomic E-state index is 0.0477. The van der Waals surface area contributed by atoms with Crippen LogP contribution in [0.25, 0.3) is 0 Å². The maximum Gasteiger partial charge on any atom is 0.315 e. The van der Waals surface area contributed by atoms with Crippen molar-refractivity contribution in [2.45, 2.75) is 65.3 Å². The molecular weight excluding hydrogens is 274 g/mol. The van der Waals surface area contributed by atoms with Crippen LogP contribution in [-0.4, -0.2) is 43.2 Å². The molecule has 1 heterocycles. The first-order valence-corrected chi connectivity index (χ1v) is 9.36. The van der Waals surface area contributed by atoms with E-state index in [0.717, 1.165) is 19.5 Å². The summed E-state index contributed by atoms with van der Waals surface area (Å²) in [4.78, 5) is 14.7. The normalized spacial score (nSPS) is 29.7. The van der Waals surface area contributed by atoms with Gasteiger partial charge in [-0.05, 0) is 56.5 Å². The van der Waals surface area contributed by atoms with Crippen LogP contribution in [0, 0.1) is 17.8 Å². The van der Waals surface area contributed by atoms with Crippen LogP contribution in [-0.2, 0) is 0 Å². The van der Waals surface area contributed by atoms with Gasteiger partial charge in [0.25, 0.3) is 0 Å². The van der Waals surface area contributed by atoms with Crippen LogP contribution in [0.15, 0.2) is 0 Å². The van der Waals surface area contributed by atoms with Gasteiger partial charge in [-0.2, -0.15) is 0 Å².